The van der Waals surface area contributed by atoms with E-state index in [-0.39, 0.29) is 30.0 Å². The number of hydrogen-bond acceptors (Lipinski definition) is 9. The summed E-state index contributed by atoms with van der Waals surface area (Å²) in [6, 6.07) is 6.95. The predicted octanol–water partition coefficient (Wildman–Crippen LogP) is 3.32. The van der Waals surface area contributed by atoms with Crippen LogP contribution in [0.2, 0.25) is 0 Å². The fraction of sp³-hybridized carbons (Fsp3) is 0.538. The molecule has 0 spiro atoms. The van der Waals surface area contributed by atoms with Gasteiger partial charge < -0.3 is 19.9 Å². The molecule has 2 aromatic heterocycles. The van der Waals surface area contributed by atoms with Crippen LogP contribution in [0.3, 0.4) is 0 Å². The van der Waals surface area contributed by atoms with Gasteiger partial charge in [0.2, 0.25) is 11.8 Å². The van der Waals surface area contributed by atoms with Crippen molar-refractivity contribution in [3.05, 3.63) is 46.3 Å². The van der Waals surface area contributed by atoms with E-state index >= 15 is 0 Å². The molecule has 12 nitrogen and oxygen atoms in total. The molecule has 1 saturated heterocycles. The van der Waals surface area contributed by atoms with Crippen molar-refractivity contribution in [2.24, 2.45) is 0 Å². The lowest BCUT2D eigenvalue weighted by molar-refractivity contribution is -0.121. The van der Waals surface area contributed by atoms with E-state index in [0.717, 1.165) is 24.6 Å². The first-order valence-electron chi connectivity index (χ1n) is 13.0. The van der Waals surface area contributed by atoms with Gasteiger partial charge in [-0.15, -0.1) is 0 Å². The molecular formula is C26H35N7O5. The lowest BCUT2D eigenvalue weighted by atomic mass is 10.0. The first-order chi connectivity index (χ1) is 18.2. The maximum atomic E-state index is 12.7. The predicted molar refractivity (Wildman–Crippen MR) is 141 cm³/mol. The van der Waals surface area contributed by atoms with Gasteiger partial charge in [-0.2, -0.15) is 10.1 Å². The molecule has 1 atom stereocenters. The Morgan fingerprint density at radius 2 is 1.97 bits per heavy atom. The lowest BCUT2D eigenvalue weighted by Crippen LogP contribution is -2.42. The molecular weight excluding hydrogens is 490 g/mol. The highest BCUT2D eigenvalue weighted by Gasteiger charge is 2.34. The fourth-order valence-corrected chi connectivity index (χ4v) is 4.33. The van der Waals surface area contributed by atoms with E-state index in [1.165, 1.54) is 0 Å². The molecule has 1 aliphatic rings. The molecule has 3 aromatic rings. The number of aromatic amines is 1. The first-order valence-corrected chi connectivity index (χ1v) is 13.0. The van der Waals surface area contributed by atoms with Crippen molar-refractivity contribution in [3.63, 3.8) is 0 Å². The Balaban J connectivity index is 1.20. The molecule has 4 rings (SSSR count). The highest BCUT2D eigenvalue weighted by atomic mass is 16.6. The Hall–Kier alpha value is -3.96. The minimum atomic E-state index is -0.585. The van der Waals surface area contributed by atoms with Crippen LogP contribution in [0.1, 0.15) is 70.6 Å². The van der Waals surface area contributed by atoms with Crippen LogP contribution in [0, 0.1) is 0 Å². The van der Waals surface area contributed by atoms with E-state index in [1.54, 1.807) is 17.0 Å². The van der Waals surface area contributed by atoms with Crippen LogP contribution in [0.4, 0.5) is 10.6 Å². The molecule has 3 N–H and O–H groups in total. The summed E-state index contributed by atoms with van der Waals surface area (Å²) in [7, 11) is 0. The third kappa shape index (κ3) is 7.08. The molecule has 3 heterocycles. The topological polar surface area (TPSA) is 155 Å². The van der Waals surface area contributed by atoms with Crippen molar-refractivity contribution in [1.29, 1.82) is 0 Å². The summed E-state index contributed by atoms with van der Waals surface area (Å²) in [5.74, 6) is 1.29. The van der Waals surface area contributed by atoms with Gasteiger partial charge >= 0.3 is 6.09 Å². The minimum Gasteiger partial charge on any atom is -0.444 e. The average molecular weight is 526 g/mol. The number of ether oxygens (including phenoxy) is 1. The molecule has 204 valence electrons. The van der Waals surface area contributed by atoms with Gasteiger partial charge in [0, 0.05) is 37.9 Å². The molecule has 38 heavy (non-hydrogen) atoms. The van der Waals surface area contributed by atoms with Gasteiger partial charge in [0.15, 0.2) is 11.6 Å². The normalized spacial score (nSPS) is 15.9. The summed E-state index contributed by atoms with van der Waals surface area (Å²) in [6.45, 7) is 7.14. The van der Waals surface area contributed by atoms with Crippen LogP contribution >= 0.6 is 0 Å². The number of amides is 2. The van der Waals surface area contributed by atoms with Gasteiger partial charge in [0.05, 0.1) is 11.4 Å². The smallest absolute Gasteiger partial charge is 0.410 e. The number of nitrogens with one attached hydrogen (secondary N) is 3. The largest absolute Gasteiger partial charge is 0.444 e. The van der Waals surface area contributed by atoms with Crippen LogP contribution in [0.15, 0.2) is 33.6 Å². The number of H-pyrrole nitrogens is 1. The van der Waals surface area contributed by atoms with Crippen LogP contribution in [0.25, 0.3) is 10.8 Å². The van der Waals surface area contributed by atoms with Gasteiger partial charge in [-0.25, -0.2) is 9.89 Å². The number of nitrogens with zero attached hydrogens (tertiary/aromatic N) is 4. The molecule has 1 aliphatic heterocycles. The van der Waals surface area contributed by atoms with Crippen molar-refractivity contribution >= 4 is 28.6 Å². The summed E-state index contributed by atoms with van der Waals surface area (Å²) in [6.07, 6.45) is 3.40. The van der Waals surface area contributed by atoms with E-state index in [0.29, 0.717) is 55.4 Å². The number of benzene rings is 1. The highest BCUT2D eigenvalue weighted by molar-refractivity contribution is 5.90. The second-order valence-electron chi connectivity index (χ2n) is 10.3. The van der Waals surface area contributed by atoms with Gasteiger partial charge in [0.25, 0.3) is 5.56 Å². The Kier molecular flexibility index (Phi) is 8.59. The van der Waals surface area contributed by atoms with Gasteiger partial charge in [-0.1, -0.05) is 23.4 Å². The molecule has 1 unspecified atom stereocenters. The van der Waals surface area contributed by atoms with Gasteiger partial charge in [0.1, 0.15) is 5.60 Å². The zero-order chi connectivity index (χ0) is 27.1. The second kappa shape index (κ2) is 12.1. The van der Waals surface area contributed by atoms with Crippen LogP contribution < -0.4 is 16.2 Å². The quantitative estimate of drug-likeness (QED) is 0.357. The third-order valence-electron chi connectivity index (χ3n) is 6.14. The second-order valence-corrected chi connectivity index (χ2v) is 10.3. The summed E-state index contributed by atoms with van der Waals surface area (Å²) in [4.78, 5) is 43.0. The van der Waals surface area contributed by atoms with Crippen molar-refractivity contribution in [2.45, 2.75) is 70.9 Å². The Labute approximate surface area is 220 Å². The molecule has 1 fully saturated rings. The Morgan fingerprint density at radius 3 is 2.76 bits per heavy atom. The minimum absolute atomic E-state index is 0.120. The number of piperidine rings is 1. The number of anilines is 1. The maximum Gasteiger partial charge on any atom is 0.410 e. The molecule has 0 saturated carbocycles. The molecule has 12 heteroatoms. The Morgan fingerprint density at radius 1 is 1.18 bits per heavy atom. The number of likely N-dealkylation sites (tertiary alicyclic amines) is 1. The van der Waals surface area contributed by atoms with Gasteiger partial charge in [-0.05, 0) is 52.5 Å². The van der Waals surface area contributed by atoms with E-state index in [4.69, 9.17) is 9.26 Å². The number of aryl methyl sites for hydroxylation is 1. The summed E-state index contributed by atoms with van der Waals surface area (Å²) in [5, 5.41) is 18.1. The zero-order valence-corrected chi connectivity index (χ0v) is 22.1. The molecule has 2 amide bonds. The number of rotatable bonds is 9. The van der Waals surface area contributed by atoms with Crippen molar-refractivity contribution in [2.75, 3.05) is 25.0 Å². The maximum absolute atomic E-state index is 12.7. The number of aromatic nitrogens is 4. The summed E-state index contributed by atoms with van der Waals surface area (Å²) >= 11 is 0. The molecule has 0 radical (unpaired) electrons. The Bertz CT molecular complexity index is 1310. The number of carbonyl (C=O) groups excluding carboxylic acids is 2. The van der Waals surface area contributed by atoms with Crippen molar-refractivity contribution < 1.29 is 18.8 Å². The SMILES string of the molecule is CC(C)(C)OC(=O)N1CCCCC1c1noc(CCC(=O)NCCCNc2n[nH]c(=O)c3ccccc23)n1. The number of hydrogen-bond donors (Lipinski definition) is 3. The number of fused-ring (bicyclic) bond motifs is 1. The van der Waals surface area contributed by atoms with Crippen molar-refractivity contribution in [3.8, 4) is 0 Å². The highest BCUT2D eigenvalue weighted by Crippen LogP contribution is 2.30. The summed E-state index contributed by atoms with van der Waals surface area (Å²) in [5.41, 5.74) is -0.816. The van der Waals surface area contributed by atoms with E-state index < -0.39 is 5.60 Å². The average Bonchev–Trinajstić information content (AvgIpc) is 3.37. The van der Waals surface area contributed by atoms with E-state index in [9.17, 15) is 14.4 Å². The standard InChI is InChI=1S/C26H35N7O5/c1-26(2,3)37-25(36)33-16-7-6-11-19(33)23-29-21(38-32-23)13-12-20(34)27-14-8-15-28-22-17-9-4-5-10-18(17)24(35)31-30-22/h4-5,9-10,19H,6-8,11-16H2,1-3H3,(H,27,34)(H,28,30)(H,31,35). The van der Waals surface area contributed by atoms with Crippen molar-refractivity contribution in [1.82, 2.24) is 30.6 Å². The lowest BCUT2D eigenvalue weighted by Gasteiger charge is -2.35. The van der Waals surface area contributed by atoms with Crippen LogP contribution in [-0.2, 0) is 16.0 Å². The molecule has 0 bridgehead atoms. The van der Waals surface area contributed by atoms with E-state index in [2.05, 4.69) is 31.0 Å². The first kappa shape index (κ1) is 27.1. The third-order valence-corrected chi connectivity index (χ3v) is 6.14. The monoisotopic (exact) mass is 525 g/mol. The van der Waals surface area contributed by atoms with E-state index in [1.807, 2.05) is 32.9 Å². The molecule has 0 aliphatic carbocycles. The fourth-order valence-electron chi connectivity index (χ4n) is 4.33. The zero-order valence-electron chi connectivity index (χ0n) is 22.1. The van der Waals surface area contributed by atoms with Gasteiger partial charge in [-0.3, -0.25) is 14.5 Å². The number of carbonyl (C=O) groups is 2. The van der Waals surface area contributed by atoms with Crippen LogP contribution in [0.5, 0.6) is 0 Å². The molecule has 1 aromatic carbocycles. The summed E-state index contributed by atoms with van der Waals surface area (Å²) < 4.78 is 10.9. The van der Waals surface area contributed by atoms with Crippen LogP contribution in [-0.4, -0.2) is 62.5 Å².